The van der Waals surface area contributed by atoms with Crippen molar-refractivity contribution in [1.82, 2.24) is 0 Å². The Hall–Kier alpha value is -2.12. The van der Waals surface area contributed by atoms with E-state index in [1.807, 2.05) is 0 Å². The van der Waals surface area contributed by atoms with Gasteiger partial charge >= 0.3 is 0 Å². The van der Waals surface area contributed by atoms with Crippen molar-refractivity contribution in [3.05, 3.63) is 71.3 Å². The van der Waals surface area contributed by atoms with Gasteiger partial charge in [0.15, 0.2) is 0 Å². The highest BCUT2D eigenvalue weighted by Gasteiger charge is 2.26. The Labute approximate surface area is 134 Å². The summed E-state index contributed by atoms with van der Waals surface area (Å²) in [6.45, 7) is 0. The van der Waals surface area contributed by atoms with E-state index in [0.717, 1.165) is 12.0 Å². The first-order valence-corrected chi connectivity index (χ1v) is 7.96. The molecule has 0 N–H and O–H groups in total. The Morgan fingerprint density at radius 1 is 0.909 bits per heavy atom. The van der Waals surface area contributed by atoms with E-state index in [0.29, 0.717) is 6.42 Å². The maximum absolute atomic E-state index is 12.2. The number of hydrogen-bond acceptors (Lipinski definition) is 1. The van der Waals surface area contributed by atoms with Crippen LogP contribution in [-0.4, -0.2) is 5.78 Å². The van der Waals surface area contributed by atoms with E-state index in [2.05, 4.69) is 48.5 Å². The lowest BCUT2D eigenvalue weighted by atomic mass is 9.79. The molecule has 4 rings (SSSR count). The molecule has 0 aromatic heterocycles. The van der Waals surface area contributed by atoms with Crippen molar-refractivity contribution in [2.75, 3.05) is 0 Å². The van der Waals surface area contributed by atoms with Crippen LogP contribution in [0.4, 0.5) is 0 Å². The molecule has 0 fully saturated rings. The molecule has 3 aromatic rings. The molecule has 0 radical (unpaired) electrons. The fourth-order valence-corrected chi connectivity index (χ4v) is 3.74. The van der Waals surface area contributed by atoms with Crippen LogP contribution in [0.15, 0.2) is 60.1 Å². The predicted molar refractivity (Wildman–Crippen MR) is 92.5 cm³/mol. The van der Waals surface area contributed by atoms with Crippen LogP contribution in [0.5, 0.6) is 0 Å². The van der Waals surface area contributed by atoms with Crippen LogP contribution in [-0.2, 0) is 11.2 Å². The van der Waals surface area contributed by atoms with Gasteiger partial charge in [-0.15, -0.1) is 0 Å². The van der Waals surface area contributed by atoms with Crippen LogP contribution in [0.25, 0.3) is 21.5 Å². The van der Waals surface area contributed by atoms with E-state index in [1.165, 1.54) is 32.6 Å². The minimum atomic E-state index is -0.197. The minimum absolute atomic E-state index is 0.197. The monoisotopic (exact) mass is 306 g/mol. The molecular weight excluding hydrogens is 292 g/mol. The summed E-state index contributed by atoms with van der Waals surface area (Å²) in [5.74, 6) is 0.0571. The molecular formula is C20H15ClO. The minimum Gasteiger partial charge on any atom is -0.299 e. The second kappa shape index (κ2) is 5.26. The molecule has 0 saturated heterocycles. The van der Waals surface area contributed by atoms with Crippen molar-refractivity contribution in [3.63, 3.8) is 0 Å². The molecule has 2 heteroatoms. The fraction of sp³-hybridized carbons (Fsp3) is 0.150. The smallest absolute Gasteiger partial charge is 0.144 e. The molecule has 108 valence electrons. The average Bonchev–Trinajstić information content (AvgIpc) is 2.56. The summed E-state index contributed by atoms with van der Waals surface area (Å²) in [6.07, 6.45) is 3.20. The molecule has 1 nitrogen and oxygen atoms in total. The number of rotatable bonds is 1. The lowest BCUT2D eigenvalue weighted by Gasteiger charge is -2.24. The molecule has 0 amide bonds. The van der Waals surface area contributed by atoms with Gasteiger partial charge in [0, 0.05) is 12.0 Å². The van der Waals surface area contributed by atoms with Crippen molar-refractivity contribution < 1.29 is 4.79 Å². The Morgan fingerprint density at radius 2 is 1.73 bits per heavy atom. The molecule has 0 aliphatic heterocycles. The van der Waals surface area contributed by atoms with E-state index < -0.39 is 0 Å². The normalized spacial score (nSPS) is 18.2. The largest absolute Gasteiger partial charge is 0.299 e. The third kappa shape index (κ3) is 1.97. The van der Waals surface area contributed by atoms with Gasteiger partial charge in [-0.2, -0.15) is 0 Å². The zero-order valence-corrected chi connectivity index (χ0v) is 12.8. The standard InChI is InChI=1S/C20H15ClO/c21-12-11-19-18-8-7-15-14-4-2-1-3-13(14)5-6-16(15)17(18)9-10-20(19)22/h1-8,11-12,19H,9-10H2. The highest BCUT2D eigenvalue weighted by Crippen LogP contribution is 2.37. The van der Waals surface area contributed by atoms with Gasteiger partial charge in [-0.1, -0.05) is 66.2 Å². The second-order valence-electron chi connectivity index (χ2n) is 5.78. The number of fused-ring (bicyclic) bond motifs is 5. The van der Waals surface area contributed by atoms with Crippen LogP contribution in [0, 0.1) is 0 Å². The van der Waals surface area contributed by atoms with Crippen molar-refractivity contribution in [2.45, 2.75) is 18.8 Å². The van der Waals surface area contributed by atoms with Crippen molar-refractivity contribution in [3.8, 4) is 0 Å². The Balaban J connectivity index is 2.04. The maximum Gasteiger partial charge on any atom is 0.144 e. The summed E-state index contributed by atoms with van der Waals surface area (Å²) in [7, 11) is 0. The van der Waals surface area contributed by atoms with E-state index in [1.54, 1.807) is 6.08 Å². The van der Waals surface area contributed by atoms with Crippen molar-refractivity contribution in [1.29, 1.82) is 0 Å². The highest BCUT2D eigenvalue weighted by molar-refractivity contribution is 6.25. The molecule has 1 atom stereocenters. The predicted octanol–water partition coefficient (Wildman–Crippen LogP) is 5.34. The van der Waals surface area contributed by atoms with E-state index in [4.69, 9.17) is 11.6 Å². The van der Waals surface area contributed by atoms with Crippen LogP contribution >= 0.6 is 11.6 Å². The van der Waals surface area contributed by atoms with Gasteiger partial charge in [0.1, 0.15) is 5.78 Å². The van der Waals surface area contributed by atoms with Gasteiger partial charge in [0.2, 0.25) is 0 Å². The number of carbonyl (C=O) groups excluding carboxylic acids is 1. The first-order valence-electron chi connectivity index (χ1n) is 7.52. The number of aryl methyl sites for hydroxylation is 1. The van der Waals surface area contributed by atoms with Gasteiger partial charge < -0.3 is 0 Å². The van der Waals surface area contributed by atoms with Crippen LogP contribution < -0.4 is 0 Å². The summed E-state index contributed by atoms with van der Waals surface area (Å²) in [6, 6.07) is 17.0. The molecule has 0 saturated carbocycles. The van der Waals surface area contributed by atoms with Gasteiger partial charge in [0.05, 0.1) is 5.92 Å². The maximum atomic E-state index is 12.2. The van der Waals surface area contributed by atoms with Crippen molar-refractivity contribution in [2.24, 2.45) is 0 Å². The van der Waals surface area contributed by atoms with Gasteiger partial charge in [-0.3, -0.25) is 4.79 Å². The number of Topliss-reactive ketones (excluding diaryl/α,β-unsaturated/α-hetero) is 1. The van der Waals surface area contributed by atoms with Crippen molar-refractivity contribution >= 4 is 38.9 Å². The molecule has 3 aromatic carbocycles. The van der Waals surface area contributed by atoms with Gasteiger partial charge in [-0.25, -0.2) is 0 Å². The summed E-state index contributed by atoms with van der Waals surface area (Å²) >= 11 is 5.73. The summed E-state index contributed by atoms with van der Waals surface area (Å²) in [5, 5.41) is 5.04. The molecule has 1 aliphatic carbocycles. The first kappa shape index (κ1) is 13.5. The number of benzene rings is 3. The Kier molecular flexibility index (Phi) is 3.24. The average molecular weight is 307 g/mol. The quantitative estimate of drug-likeness (QED) is 0.554. The third-order valence-electron chi connectivity index (χ3n) is 4.64. The highest BCUT2D eigenvalue weighted by atomic mass is 35.5. The van der Waals surface area contributed by atoms with Gasteiger partial charge in [0.25, 0.3) is 0 Å². The molecule has 0 bridgehead atoms. The topological polar surface area (TPSA) is 17.1 Å². The Bertz CT molecular complexity index is 924. The van der Waals surface area contributed by atoms with Crippen LogP contribution in [0.1, 0.15) is 23.5 Å². The first-order chi connectivity index (χ1) is 10.8. The third-order valence-corrected chi connectivity index (χ3v) is 4.79. The summed E-state index contributed by atoms with van der Waals surface area (Å²) < 4.78 is 0. The fourth-order valence-electron chi connectivity index (χ4n) is 3.60. The Morgan fingerprint density at radius 3 is 2.59 bits per heavy atom. The molecule has 1 unspecified atom stereocenters. The van der Waals surface area contributed by atoms with E-state index in [-0.39, 0.29) is 11.7 Å². The van der Waals surface area contributed by atoms with E-state index in [9.17, 15) is 4.79 Å². The van der Waals surface area contributed by atoms with Gasteiger partial charge in [-0.05, 0) is 39.1 Å². The molecule has 1 aliphatic rings. The molecule has 22 heavy (non-hydrogen) atoms. The summed E-state index contributed by atoms with van der Waals surface area (Å²) in [5.41, 5.74) is 3.86. The van der Waals surface area contributed by atoms with Crippen LogP contribution in [0.2, 0.25) is 0 Å². The number of ketones is 1. The number of carbonyl (C=O) groups is 1. The lowest BCUT2D eigenvalue weighted by Crippen LogP contribution is -2.19. The lowest BCUT2D eigenvalue weighted by molar-refractivity contribution is -0.119. The SMILES string of the molecule is O=C1CCc2c(ccc3c2ccc2ccccc23)C1C=CCl. The second-order valence-corrected chi connectivity index (χ2v) is 6.03. The molecule has 0 spiro atoms. The zero-order valence-electron chi connectivity index (χ0n) is 12.1. The van der Waals surface area contributed by atoms with E-state index >= 15 is 0 Å². The summed E-state index contributed by atoms with van der Waals surface area (Å²) in [4.78, 5) is 12.2. The number of hydrogen-bond donors (Lipinski definition) is 0. The molecule has 0 heterocycles. The number of allylic oxidation sites excluding steroid dienone is 1. The van der Waals surface area contributed by atoms with Crippen LogP contribution in [0.3, 0.4) is 0 Å². The zero-order chi connectivity index (χ0) is 15.1. The number of halogens is 1.